The molecule has 1 aromatic heterocycles. The molecule has 1 aliphatic heterocycles. The Hall–Kier alpha value is -2.46. The molecular formula is C14H10F3N3O3S. The number of hydrogen-bond acceptors (Lipinski definition) is 4. The maximum atomic E-state index is 12.6. The largest absolute Gasteiger partial charge is 0.417 e. The number of benzene rings is 1. The number of hydrogen-bond donors (Lipinski definition) is 2. The molecule has 0 spiro atoms. The molecule has 2 heterocycles. The maximum Gasteiger partial charge on any atom is 0.417 e. The van der Waals surface area contributed by atoms with Crippen LogP contribution < -0.4 is 10.0 Å². The number of nitrogens with zero attached hydrogens (tertiary/aromatic N) is 1. The molecule has 3 rings (SSSR count). The van der Waals surface area contributed by atoms with Crippen molar-refractivity contribution in [2.24, 2.45) is 0 Å². The van der Waals surface area contributed by atoms with Crippen LogP contribution in [0.5, 0.6) is 0 Å². The minimum absolute atomic E-state index is 0.0301. The highest BCUT2D eigenvalue weighted by atomic mass is 32.2. The van der Waals surface area contributed by atoms with Gasteiger partial charge in [-0.15, -0.1) is 0 Å². The van der Waals surface area contributed by atoms with E-state index in [4.69, 9.17) is 0 Å². The van der Waals surface area contributed by atoms with Crippen molar-refractivity contribution in [3.8, 4) is 0 Å². The molecule has 0 radical (unpaired) electrons. The Morgan fingerprint density at radius 3 is 2.67 bits per heavy atom. The zero-order chi connectivity index (χ0) is 17.5. The lowest BCUT2D eigenvalue weighted by Gasteiger charge is -2.09. The SMILES string of the molecule is O=C(Nc1ccc2c(c1)S(=O)(=O)NC2)c1cncc(C(F)(F)F)c1. The Morgan fingerprint density at radius 1 is 1.21 bits per heavy atom. The second kappa shape index (κ2) is 5.56. The first-order chi connectivity index (χ1) is 11.2. The number of carbonyl (C=O) groups is 1. The first kappa shape index (κ1) is 16.4. The number of fused-ring (bicyclic) bond motifs is 1. The lowest BCUT2D eigenvalue weighted by molar-refractivity contribution is -0.137. The smallest absolute Gasteiger partial charge is 0.322 e. The van der Waals surface area contributed by atoms with E-state index >= 15 is 0 Å². The Kier molecular flexibility index (Phi) is 3.80. The van der Waals surface area contributed by atoms with Crippen molar-refractivity contribution in [3.63, 3.8) is 0 Å². The number of nitrogens with one attached hydrogen (secondary N) is 2. The molecule has 126 valence electrons. The molecule has 0 fully saturated rings. The first-order valence-electron chi connectivity index (χ1n) is 6.63. The van der Waals surface area contributed by atoms with Crippen molar-refractivity contribution in [1.82, 2.24) is 9.71 Å². The lowest BCUT2D eigenvalue weighted by atomic mass is 10.1. The number of pyridine rings is 1. The fraction of sp³-hybridized carbons (Fsp3) is 0.143. The first-order valence-corrected chi connectivity index (χ1v) is 8.11. The third-order valence-electron chi connectivity index (χ3n) is 3.39. The summed E-state index contributed by atoms with van der Waals surface area (Å²) >= 11 is 0. The van der Waals surface area contributed by atoms with Crippen LogP contribution in [0.15, 0.2) is 41.6 Å². The van der Waals surface area contributed by atoms with E-state index < -0.39 is 27.7 Å². The number of anilines is 1. The molecule has 2 N–H and O–H groups in total. The zero-order valence-corrected chi connectivity index (χ0v) is 12.7. The Labute approximate surface area is 134 Å². The van der Waals surface area contributed by atoms with Gasteiger partial charge in [-0.2, -0.15) is 13.2 Å². The fourth-order valence-electron chi connectivity index (χ4n) is 2.20. The van der Waals surface area contributed by atoms with Gasteiger partial charge in [-0.3, -0.25) is 9.78 Å². The van der Waals surface area contributed by atoms with Crippen molar-refractivity contribution in [2.45, 2.75) is 17.6 Å². The van der Waals surface area contributed by atoms with Gasteiger partial charge in [0.15, 0.2) is 0 Å². The van der Waals surface area contributed by atoms with Crippen LogP contribution in [-0.2, 0) is 22.7 Å². The van der Waals surface area contributed by atoms with Crippen LogP contribution in [-0.4, -0.2) is 19.3 Å². The van der Waals surface area contributed by atoms with Gasteiger partial charge in [0, 0.05) is 24.6 Å². The summed E-state index contributed by atoms with van der Waals surface area (Å²) < 4.78 is 63.8. The average Bonchev–Trinajstić information content (AvgIpc) is 2.82. The van der Waals surface area contributed by atoms with Crippen LogP contribution in [0.4, 0.5) is 18.9 Å². The highest BCUT2D eigenvalue weighted by molar-refractivity contribution is 7.89. The molecular weight excluding hydrogens is 347 g/mol. The number of aromatic nitrogens is 1. The van der Waals surface area contributed by atoms with Gasteiger partial charge >= 0.3 is 6.18 Å². The van der Waals surface area contributed by atoms with E-state index in [1.54, 1.807) is 0 Å². The molecule has 1 amide bonds. The summed E-state index contributed by atoms with van der Waals surface area (Å²) in [4.78, 5) is 15.5. The van der Waals surface area contributed by atoms with Crippen LogP contribution in [0.25, 0.3) is 0 Å². The standard InChI is InChI=1S/C14H10F3N3O3S/c15-14(16,17)10-3-9(5-18-7-10)13(21)20-11-2-1-8-6-19-24(22,23)12(8)4-11/h1-5,7,19H,6H2,(H,20,21). The van der Waals surface area contributed by atoms with Gasteiger partial charge in [0.05, 0.1) is 16.0 Å². The van der Waals surface area contributed by atoms with E-state index in [0.29, 0.717) is 17.8 Å². The van der Waals surface area contributed by atoms with Crippen molar-refractivity contribution < 1.29 is 26.4 Å². The molecule has 2 aromatic rings. The molecule has 0 unspecified atom stereocenters. The maximum absolute atomic E-state index is 12.6. The normalized spacial score (nSPS) is 15.8. The molecule has 1 aromatic carbocycles. The number of carbonyl (C=O) groups excluding carboxylic acids is 1. The van der Waals surface area contributed by atoms with Crippen LogP contribution in [0.1, 0.15) is 21.5 Å². The molecule has 0 saturated heterocycles. The van der Waals surface area contributed by atoms with Crippen LogP contribution in [0.2, 0.25) is 0 Å². The fourth-order valence-corrected chi connectivity index (χ4v) is 3.47. The summed E-state index contributed by atoms with van der Waals surface area (Å²) in [5.41, 5.74) is -0.626. The second-order valence-corrected chi connectivity index (χ2v) is 6.80. The third-order valence-corrected chi connectivity index (χ3v) is 4.88. The summed E-state index contributed by atoms with van der Waals surface area (Å²) in [6.07, 6.45) is -3.00. The van der Waals surface area contributed by atoms with Gasteiger partial charge in [0.25, 0.3) is 5.91 Å². The van der Waals surface area contributed by atoms with Gasteiger partial charge in [0.1, 0.15) is 0 Å². The van der Waals surface area contributed by atoms with Crippen molar-refractivity contribution in [3.05, 3.63) is 53.3 Å². The Bertz CT molecular complexity index is 926. The van der Waals surface area contributed by atoms with Crippen molar-refractivity contribution >= 4 is 21.6 Å². The summed E-state index contributed by atoms with van der Waals surface area (Å²) in [6, 6.07) is 4.92. The topological polar surface area (TPSA) is 88.2 Å². The second-order valence-electron chi connectivity index (χ2n) is 5.06. The van der Waals surface area contributed by atoms with Crippen LogP contribution in [0, 0.1) is 0 Å². The summed E-state index contributed by atoms with van der Waals surface area (Å²) in [6.45, 7) is 0.156. The predicted molar refractivity (Wildman–Crippen MR) is 77.7 cm³/mol. The van der Waals surface area contributed by atoms with E-state index in [-0.39, 0.29) is 22.7 Å². The number of sulfonamides is 1. The highest BCUT2D eigenvalue weighted by Gasteiger charge is 2.31. The van der Waals surface area contributed by atoms with Gasteiger partial charge in [-0.1, -0.05) is 6.07 Å². The van der Waals surface area contributed by atoms with Crippen molar-refractivity contribution in [2.75, 3.05) is 5.32 Å². The van der Waals surface area contributed by atoms with Crippen molar-refractivity contribution in [1.29, 1.82) is 0 Å². The minimum atomic E-state index is -4.61. The number of rotatable bonds is 2. The average molecular weight is 357 g/mol. The van der Waals surface area contributed by atoms with Gasteiger partial charge in [0.2, 0.25) is 10.0 Å². The Balaban J connectivity index is 1.86. The molecule has 10 heteroatoms. The number of halogens is 3. The number of alkyl halides is 3. The summed E-state index contributed by atoms with van der Waals surface area (Å²) in [5, 5.41) is 2.37. The number of amides is 1. The molecule has 6 nitrogen and oxygen atoms in total. The molecule has 24 heavy (non-hydrogen) atoms. The van der Waals surface area contributed by atoms with Crippen LogP contribution >= 0.6 is 0 Å². The predicted octanol–water partition coefficient (Wildman–Crippen LogP) is 2.14. The minimum Gasteiger partial charge on any atom is -0.322 e. The third kappa shape index (κ3) is 3.10. The van der Waals surface area contributed by atoms with Gasteiger partial charge in [-0.05, 0) is 23.8 Å². The van der Waals surface area contributed by atoms with E-state index in [1.165, 1.54) is 18.2 Å². The zero-order valence-electron chi connectivity index (χ0n) is 11.9. The van der Waals surface area contributed by atoms with Gasteiger partial charge in [-0.25, -0.2) is 13.1 Å². The molecule has 0 saturated carbocycles. The Morgan fingerprint density at radius 2 is 1.96 bits per heavy atom. The molecule has 0 atom stereocenters. The lowest BCUT2D eigenvalue weighted by Crippen LogP contribution is -2.15. The van der Waals surface area contributed by atoms with E-state index in [9.17, 15) is 26.4 Å². The molecule has 0 aliphatic carbocycles. The quantitative estimate of drug-likeness (QED) is 0.862. The highest BCUT2D eigenvalue weighted by Crippen LogP contribution is 2.29. The molecule has 0 bridgehead atoms. The molecule has 1 aliphatic rings. The van der Waals surface area contributed by atoms with Gasteiger partial charge < -0.3 is 5.32 Å². The van der Waals surface area contributed by atoms with E-state index in [0.717, 1.165) is 6.20 Å². The summed E-state index contributed by atoms with van der Waals surface area (Å²) in [5.74, 6) is -0.822. The monoisotopic (exact) mass is 357 g/mol. The van der Waals surface area contributed by atoms with Crippen LogP contribution in [0.3, 0.4) is 0 Å². The van der Waals surface area contributed by atoms with E-state index in [1.807, 2.05) is 0 Å². The van der Waals surface area contributed by atoms with E-state index in [2.05, 4.69) is 15.0 Å². The summed E-state index contributed by atoms with van der Waals surface area (Å²) in [7, 11) is -3.62.